The Kier molecular flexibility index (Phi) is 4.39. The molecule has 0 unspecified atom stereocenters. The van der Waals surface area contributed by atoms with Crippen molar-refractivity contribution in [2.45, 2.75) is 6.42 Å². The van der Waals surface area contributed by atoms with Gasteiger partial charge < -0.3 is 10.2 Å². The molecule has 1 aliphatic carbocycles. The summed E-state index contributed by atoms with van der Waals surface area (Å²) in [5.74, 6) is -0.181. The van der Waals surface area contributed by atoms with Crippen LogP contribution in [0.25, 0.3) is 17.2 Å². The minimum Gasteiger partial charge on any atom is -0.370 e. The van der Waals surface area contributed by atoms with Crippen LogP contribution in [0.1, 0.15) is 11.1 Å². The van der Waals surface area contributed by atoms with Crippen molar-refractivity contribution >= 4 is 23.4 Å². The van der Waals surface area contributed by atoms with Crippen LogP contribution in [0.4, 0.5) is 15.8 Å². The molecule has 3 nitrogen and oxygen atoms in total. The molecule has 1 amide bonds. The molecule has 5 rings (SSSR count). The average molecular weight is 384 g/mol. The normalized spacial score (nSPS) is 15.1. The topological polar surface area (TPSA) is 32.3 Å². The molecule has 1 aliphatic heterocycles. The quantitative estimate of drug-likeness (QED) is 0.676. The van der Waals surface area contributed by atoms with Crippen molar-refractivity contribution < 1.29 is 9.18 Å². The van der Waals surface area contributed by atoms with Gasteiger partial charge in [0.25, 0.3) is 0 Å². The van der Waals surface area contributed by atoms with Crippen molar-refractivity contribution in [2.24, 2.45) is 5.92 Å². The molecule has 1 heterocycles. The molecule has 0 radical (unpaired) electrons. The number of nitrogens with one attached hydrogen (secondary N) is 1. The molecule has 0 atom stereocenters. The van der Waals surface area contributed by atoms with Crippen molar-refractivity contribution in [1.29, 1.82) is 0 Å². The van der Waals surface area contributed by atoms with Gasteiger partial charge in [-0.15, -0.1) is 0 Å². The summed E-state index contributed by atoms with van der Waals surface area (Å²) in [7, 11) is 0. The first kappa shape index (κ1) is 17.7. The van der Waals surface area contributed by atoms with Crippen LogP contribution in [0, 0.1) is 11.7 Å². The van der Waals surface area contributed by atoms with Crippen LogP contribution in [-0.2, 0) is 11.2 Å². The number of hydrogen-bond donors (Lipinski definition) is 1. The number of carbonyl (C=O) groups excluding carboxylic acids is 1. The zero-order valence-corrected chi connectivity index (χ0v) is 15.9. The highest BCUT2D eigenvalue weighted by molar-refractivity contribution is 5.95. The van der Waals surface area contributed by atoms with Crippen molar-refractivity contribution in [3.05, 3.63) is 89.8 Å². The van der Waals surface area contributed by atoms with Crippen molar-refractivity contribution in [2.75, 3.05) is 23.3 Å². The van der Waals surface area contributed by atoms with Gasteiger partial charge in [0.05, 0.1) is 5.92 Å². The van der Waals surface area contributed by atoms with Gasteiger partial charge in [-0.3, -0.25) is 4.79 Å². The van der Waals surface area contributed by atoms with E-state index in [4.69, 9.17) is 0 Å². The van der Waals surface area contributed by atoms with Gasteiger partial charge in [0.15, 0.2) is 0 Å². The number of amides is 1. The van der Waals surface area contributed by atoms with Gasteiger partial charge in [0, 0.05) is 30.0 Å². The molecule has 4 heteroatoms. The van der Waals surface area contributed by atoms with Crippen LogP contribution in [-0.4, -0.2) is 19.0 Å². The van der Waals surface area contributed by atoms with E-state index in [9.17, 15) is 9.18 Å². The van der Waals surface area contributed by atoms with E-state index in [1.54, 1.807) is 12.1 Å². The van der Waals surface area contributed by atoms with E-state index in [-0.39, 0.29) is 17.6 Å². The van der Waals surface area contributed by atoms with Crippen LogP contribution in [0.2, 0.25) is 0 Å². The molecular formula is C25H21FN2O. The van der Waals surface area contributed by atoms with E-state index in [1.165, 1.54) is 17.2 Å². The molecule has 2 aliphatic rings. The molecule has 144 valence electrons. The molecule has 3 aromatic carbocycles. The number of nitrogens with zero attached hydrogens (tertiary/aromatic N) is 1. The first-order valence-corrected chi connectivity index (χ1v) is 9.87. The minimum atomic E-state index is -0.219. The van der Waals surface area contributed by atoms with Crippen LogP contribution < -0.4 is 10.2 Å². The highest BCUT2D eigenvalue weighted by Crippen LogP contribution is 2.30. The van der Waals surface area contributed by atoms with Gasteiger partial charge >= 0.3 is 0 Å². The third-order valence-corrected chi connectivity index (χ3v) is 5.72. The second kappa shape index (κ2) is 7.21. The van der Waals surface area contributed by atoms with E-state index in [0.717, 1.165) is 23.4 Å². The van der Waals surface area contributed by atoms with Crippen molar-refractivity contribution in [3.8, 4) is 11.1 Å². The summed E-state index contributed by atoms with van der Waals surface area (Å²) in [6.45, 7) is 1.38. The number of fused-ring (bicyclic) bond motifs is 1. The Bertz CT molecular complexity index is 1100. The highest BCUT2D eigenvalue weighted by atomic mass is 19.1. The first-order valence-electron chi connectivity index (χ1n) is 9.87. The fourth-order valence-corrected chi connectivity index (χ4v) is 3.97. The number of halogens is 1. The Labute approximate surface area is 169 Å². The second-order valence-corrected chi connectivity index (χ2v) is 7.64. The largest absolute Gasteiger partial charge is 0.370 e. The van der Waals surface area contributed by atoms with E-state index in [1.807, 2.05) is 42.5 Å². The number of hydrogen-bond acceptors (Lipinski definition) is 2. The number of rotatable bonds is 4. The summed E-state index contributed by atoms with van der Waals surface area (Å²) >= 11 is 0. The highest BCUT2D eigenvalue weighted by Gasteiger charge is 2.32. The maximum atomic E-state index is 13.9. The average Bonchev–Trinajstić information content (AvgIpc) is 3.16. The van der Waals surface area contributed by atoms with Gasteiger partial charge in [0.2, 0.25) is 5.91 Å². The zero-order valence-electron chi connectivity index (χ0n) is 15.9. The lowest BCUT2D eigenvalue weighted by atomic mass is 9.97. The zero-order chi connectivity index (χ0) is 19.8. The molecule has 29 heavy (non-hydrogen) atoms. The molecular weight excluding hydrogens is 363 g/mol. The van der Waals surface area contributed by atoms with Gasteiger partial charge in [-0.1, -0.05) is 48.6 Å². The molecule has 0 bridgehead atoms. The molecule has 3 aromatic rings. The monoisotopic (exact) mass is 384 g/mol. The number of carbonyl (C=O) groups is 1. The maximum absolute atomic E-state index is 13.9. The molecule has 0 aromatic heterocycles. The summed E-state index contributed by atoms with van der Waals surface area (Å²) in [5, 5.41) is 3.04. The van der Waals surface area contributed by atoms with Crippen LogP contribution in [0.3, 0.4) is 0 Å². The minimum absolute atomic E-state index is 0.0231. The summed E-state index contributed by atoms with van der Waals surface area (Å²) in [6.07, 6.45) is 5.20. The third kappa shape index (κ3) is 3.42. The van der Waals surface area contributed by atoms with E-state index < -0.39 is 0 Å². The molecule has 1 N–H and O–H groups in total. The Morgan fingerprint density at radius 1 is 1.00 bits per heavy atom. The lowest BCUT2D eigenvalue weighted by Crippen LogP contribution is -2.52. The fraction of sp³-hybridized carbons (Fsp3) is 0.160. The van der Waals surface area contributed by atoms with E-state index in [2.05, 4.69) is 28.4 Å². The smallest absolute Gasteiger partial charge is 0.231 e. The molecule has 0 saturated carbocycles. The SMILES string of the molecule is O=C(Nc1ccc2c(c1)C=CC2)C1CN(c2ccc(-c3ccccc3F)cc2)C1. The summed E-state index contributed by atoms with van der Waals surface area (Å²) in [4.78, 5) is 14.7. The Hall–Kier alpha value is -3.40. The lowest BCUT2D eigenvalue weighted by molar-refractivity contribution is -0.120. The summed E-state index contributed by atoms with van der Waals surface area (Å²) in [6, 6.07) is 20.7. The first-order chi connectivity index (χ1) is 14.2. The van der Waals surface area contributed by atoms with Crippen LogP contribution >= 0.6 is 0 Å². The molecule has 1 saturated heterocycles. The maximum Gasteiger partial charge on any atom is 0.231 e. The van der Waals surface area contributed by atoms with E-state index >= 15 is 0 Å². The summed E-state index contributed by atoms with van der Waals surface area (Å²) in [5.41, 5.74) is 5.85. The predicted octanol–water partition coefficient (Wildman–Crippen LogP) is 5.14. The summed E-state index contributed by atoms with van der Waals surface area (Å²) < 4.78 is 13.9. The molecule has 1 fully saturated rings. The van der Waals surface area contributed by atoms with E-state index in [0.29, 0.717) is 18.7 Å². The van der Waals surface area contributed by atoms with Gasteiger partial charge in [-0.05, 0) is 53.4 Å². The van der Waals surface area contributed by atoms with Gasteiger partial charge in [0.1, 0.15) is 5.82 Å². The van der Waals surface area contributed by atoms with Gasteiger partial charge in [-0.2, -0.15) is 0 Å². The predicted molar refractivity (Wildman–Crippen MR) is 115 cm³/mol. The Morgan fingerprint density at radius 3 is 2.59 bits per heavy atom. The van der Waals surface area contributed by atoms with Crippen molar-refractivity contribution in [3.63, 3.8) is 0 Å². The Morgan fingerprint density at radius 2 is 1.79 bits per heavy atom. The standard InChI is InChI=1S/C25H21FN2O/c26-24-7-2-1-6-23(24)18-9-12-22(13-10-18)28-15-20(16-28)25(29)27-21-11-8-17-4-3-5-19(17)14-21/h1-3,5-14,20H,4,15-16H2,(H,27,29). The van der Waals surface area contributed by atoms with Crippen LogP contribution in [0.5, 0.6) is 0 Å². The third-order valence-electron chi connectivity index (χ3n) is 5.72. The number of anilines is 2. The Balaban J connectivity index is 1.20. The van der Waals surface area contributed by atoms with Gasteiger partial charge in [-0.25, -0.2) is 4.39 Å². The van der Waals surface area contributed by atoms with Crippen LogP contribution in [0.15, 0.2) is 72.8 Å². The second-order valence-electron chi connectivity index (χ2n) is 7.64. The molecule has 0 spiro atoms. The number of allylic oxidation sites excluding steroid dienone is 1. The number of benzene rings is 3. The van der Waals surface area contributed by atoms with Crippen molar-refractivity contribution in [1.82, 2.24) is 0 Å². The lowest BCUT2D eigenvalue weighted by Gasteiger charge is -2.40. The fourth-order valence-electron chi connectivity index (χ4n) is 3.97.